The molecule has 29 heavy (non-hydrogen) atoms. The number of amides is 1. The first-order valence-electron chi connectivity index (χ1n) is 9.41. The predicted molar refractivity (Wildman–Crippen MR) is 112 cm³/mol. The summed E-state index contributed by atoms with van der Waals surface area (Å²) >= 11 is 5.87. The molecular weight excluding hydrogens is 394 g/mol. The quantitative estimate of drug-likeness (QED) is 0.406. The number of nitro groups is 1. The van der Waals surface area contributed by atoms with E-state index in [0.29, 0.717) is 42.5 Å². The van der Waals surface area contributed by atoms with Crippen molar-refractivity contribution in [2.24, 2.45) is 0 Å². The third-order valence-corrected chi connectivity index (χ3v) is 5.28. The highest BCUT2D eigenvalue weighted by Gasteiger charge is 2.26. The van der Waals surface area contributed by atoms with Crippen LogP contribution in [0.1, 0.15) is 28.8 Å². The summed E-state index contributed by atoms with van der Waals surface area (Å²) in [6.45, 7) is 3.84. The number of Topliss-reactive ketones (excluding diaryl/α,β-unsaturated/α-hetero) is 1. The largest absolute Gasteiger partial charge is 0.362 e. The Labute approximate surface area is 174 Å². The van der Waals surface area contributed by atoms with E-state index in [9.17, 15) is 19.7 Å². The summed E-state index contributed by atoms with van der Waals surface area (Å²) in [7, 11) is 0. The summed E-state index contributed by atoms with van der Waals surface area (Å²) in [5, 5.41) is 11.6. The molecule has 3 rings (SSSR count). The molecule has 0 N–H and O–H groups in total. The highest BCUT2D eigenvalue weighted by atomic mass is 35.5. The van der Waals surface area contributed by atoms with Crippen molar-refractivity contribution in [1.29, 1.82) is 0 Å². The monoisotopic (exact) mass is 415 g/mol. The van der Waals surface area contributed by atoms with Crippen LogP contribution in [0.15, 0.2) is 42.5 Å². The molecule has 1 saturated heterocycles. The number of piperazine rings is 1. The van der Waals surface area contributed by atoms with Crippen LogP contribution in [0.25, 0.3) is 0 Å². The average molecular weight is 416 g/mol. The summed E-state index contributed by atoms with van der Waals surface area (Å²) in [6.07, 6.45) is 0.332. The molecular formula is C21H22ClN3O4. The molecule has 1 heterocycles. The van der Waals surface area contributed by atoms with Gasteiger partial charge in [0.05, 0.1) is 4.92 Å². The van der Waals surface area contributed by atoms with E-state index in [2.05, 4.69) is 0 Å². The third kappa shape index (κ3) is 5.12. The second-order valence-corrected chi connectivity index (χ2v) is 7.48. The molecule has 7 nitrogen and oxygen atoms in total. The van der Waals surface area contributed by atoms with Gasteiger partial charge in [-0.05, 0) is 19.1 Å². The highest BCUT2D eigenvalue weighted by molar-refractivity contribution is 6.30. The summed E-state index contributed by atoms with van der Waals surface area (Å²) in [4.78, 5) is 39.2. The van der Waals surface area contributed by atoms with Crippen molar-refractivity contribution in [2.75, 3.05) is 31.1 Å². The van der Waals surface area contributed by atoms with Gasteiger partial charge in [0.15, 0.2) is 5.78 Å². The number of hydrogen-bond donors (Lipinski definition) is 0. The fourth-order valence-electron chi connectivity index (χ4n) is 3.37. The fourth-order valence-corrected chi connectivity index (χ4v) is 3.54. The van der Waals surface area contributed by atoms with Gasteiger partial charge < -0.3 is 9.80 Å². The first-order valence-corrected chi connectivity index (χ1v) is 9.79. The number of carbonyl (C=O) groups excluding carboxylic acids is 2. The number of benzene rings is 2. The van der Waals surface area contributed by atoms with Crippen LogP contribution in [0.2, 0.25) is 5.02 Å². The Morgan fingerprint density at radius 3 is 2.31 bits per heavy atom. The van der Waals surface area contributed by atoms with Crippen LogP contribution < -0.4 is 4.90 Å². The maximum absolute atomic E-state index is 12.5. The van der Waals surface area contributed by atoms with Crippen molar-refractivity contribution < 1.29 is 14.5 Å². The number of nitro benzene ring substituents is 1. The maximum atomic E-state index is 12.5. The summed E-state index contributed by atoms with van der Waals surface area (Å²) < 4.78 is 0. The van der Waals surface area contributed by atoms with Gasteiger partial charge in [-0.1, -0.05) is 41.4 Å². The number of halogens is 1. The van der Waals surface area contributed by atoms with Gasteiger partial charge in [0.2, 0.25) is 5.91 Å². The zero-order valence-corrected chi connectivity index (χ0v) is 16.9. The Balaban J connectivity index is 1.54. The Kier molecular flexibility index (Phi) is 6.49. The van der Waals surface area contributed by atoms with Gasteiger partial charge >= 0.3 is 0 Å². The van der Waals surface area contributed by atoms with Gasteiger partial charge in [0.1, 0.15) is 5.69 Å². The van der Waals surface area contributed by atoms with E-state index in [1.165, 1.54) is 6.07 Å². The number of ketones is 1. The van der Waals surface area contributed by atoms with E-state index in [-0.39, 0.29) is 30.2 Å². The number of hydrogen-bond acceptors (Lipinski definition) is 5. The molecule has 1 amide bonds. The lowest BCUT2D eigenvalue weighted by Gasteiger charge is -2.35. The van der Waals surface area contributed by atoms with E-state index in [1.54, 1.807) is 29.2 Å². The molecule has 2 aromatic carbocycles. The van der Waals surface area contributed by atoms with Crippen molar-refractivity contribution >= 4 is 34.7 Å². The number of carbonyl (C=O) groups is 2. The molecule has 0 aromatic heterocycles. The molecule has 0 aliphatic carbocycles. The molecule has 8 heteroatoms. The maximum Gasteiger partial charge on any atom is 0.294 e. The van der Waals surface area contributed by atoms with Crippen LogP contribution in [0.5, 0.6) is 0 Å². The highest BCUT2D eigenvalue weighted by Crippen LogP contribution is 2.31. The van der Waals surface area contributed by atoms with Crippen LogP contribution in [-0.2, 0) is 4.79 Å². The molecule has 1 fully saturated rings. The molecule has 0 radical (unpaired) electrons. The van der Waals surface area contributed by atoms with Gasteiger partial charge in [0, 0.05) is 55.7 Å². The third-order valence-electron chi connectivity index (χ3n) is 5.05. The Morgan fingerprint density at radius 2 is 1.69 bits per heavy atom. The molecule has 1 aliphatic rings. The second-order valence-electron chi connectivity index (χ2n) is 7.05. The summed E-state index contributed by atoms with van der Waals surface area (Å²) in [5.41, 5.74) is 2.15. The Hall–Kier alpha value is -2.93. The second kappa shape index (κ2) is 9.05. The van der Waals surface area contributed by atoms with Crippen molar-refractivity contribution in [3.63, 3.8) is 0 Å². The topological polar surface area (TPSA) is 83.8 Å². The Morgan fingerprint density at radius 1 is 1.03 bits per heavy atom. The molecule has 0 unspecified atom stereocenters. The fraction of sp³-hybridized carbons (Fsp3) is 0.333. The van der Waals surface area contributed by atoms with E-state index >= 15 is 0 Å². The molecule has 0 spiro atoms. The number of aryl methyl sites for hydroxylation is 1. The number of nitrogens with zero attached hydrogens (tertiary/aromatic N) is 3. The van der Waals surface area contributed by atoms with Crippen molar-refractivity contribution in [3.8, 4) is 0 Å². The molecule has 1 aliphatic heterocycles. The minimum Gasteiger partial charge on any atom is -0.362 e. The molecule has 152 valence electrons. The van der Waals surface area contributed by atoms with Gasteiger partial charge in [-0.25, -0.2) is 0 Å². The van der Waals surface area contributed by atoms with E-state index in [4.69, 9.17) is 11.6 Å². The van der Waals surface area contributed by atoms with Crippen LogP contribution in [0, 0.1) is 17.0 Å². The smallest absolute Gasteiger partial charge is 0.294 e. The van der Waals surface area contributed by atoms with E-state index < -0.39 is 4.92 Å². The van der Waals surface area contributed by atoms with Gasteiger partial charge in [0.25, 0.3) is 5.69 Å². The normalized spacial score (nSPS) is 14.0. The van der Waals surface area contributed by atoms with Crippen molar-refractivity contribution in [3.05, 3.63) is 68.7 Å². The SMILES string of the molecule is Cc1ccc(C(=O)CCC(=O)N2CCN(c3ccc(Cl)cc3[N+](=O)[O-])CC2)cc1. The first-order chi connectivity index (χ1) is 13.8. The zero-order valence-electron chi connectivity index (χ0n) is 16.1. The number of anilines is 1. The average Bonchev–Trinajstić information content (AvgIpc) is 2.72. The van der Waals surface area contributed by atoms with Crippen LogP contribution in [0.3, 0.4) is 0 Å². The van der Waals surface area contributed by atoms with Crippen LogP contribution in [-0.4, -0.2) is 47.7 Å². The predicted octanol–water partition coefficient (Wildman–Crippen LogP) is 3.87. The van der Waals surface area contributed by atoms with Crippen LogP contribution in [0.4, 0.5) is 11.4 Å². The summed E-state index contributed by atoms with van der Waals surface area (Å²) in [6, 6.07) is 11.9. The minimum absolute atomic E-state index is 0.0408. The van der Waals surface area contributed by atoms with Gasteiger partial charge in [-0.2, -0.15) is 0 Å². The summed E-state index contributed by atoms with van der Waals surface area (Å²) in [5.74, 6) is -0.121. The lowest BCUT2D eigenvalue weighted by Crippen LogP contribution is -2.49. The minimum atomic E-state index is -0.449. The zero-order chi connectivity index (χ0) is 21.0. The Bertz CT molecular complexity index is 922. The van der Waals surface area contributed by atoms with Crippen LogP contribution >= 0.6 is 11.6 Å². The number of rotatable bonds is 6. The molecule has 0 atom stereocenters. The standard InChI is InChI=1S/C21H22ClN3O4/c1-15-2-4-16(5-3-15)20(26)8-9-21(27)24-12-10-23(11-13-24)18-7-6-17(22)14-19(18)25(28)29/h2-7,14H,8-13H2,1H3. The van der Waals surface area contributed by atoms with Crippen molar-refractivity contribution in [2.45, 2.75) is 19.8 Å². The van der Waals surface area contributed by atoms with E-state index in [0.717, 1.165) is 5.56 Å². The lowest BCUT2D eigenvalue weighted by atomic mass is 10.0. The molecule has 0 bridgehead atoms. The van der Waals surface area contributed by atoms with Gasteiger partial charge in [-0.3, -0.25) is 19.7 Å². The van der Waals surface area contributed by atoms with E-state index in [1.807, 2.05) is 24.0 Å². The first kappa shape index (κ1) is 20.8. The van der Waals surface area contributed by atoms with Gasteiger partial charge in [-0.15, -0.1) is 0 Å². The molecule has 0 saturated carbocycles. The lowest BCUT2D eigenvalue weighted by molar-refractivity contribution is -0.384. The van der Waals surface area contributed by atoms with Crippen molar-refractivity contribution in [1.82, 2.24) is 4.90 Å². The molecule has 2 aromatic rings.